The number of aromatic nitrogens is 1. The number of halogens is 1. The van der Waals surface area contributed by atoms with Crippen LogP contribution in [0.2, 0.25) is 0 Å². The zero-order chi connectivity index (χ0) is 10.2. The molecule has 2 rings (SSSR count). The van der Waals surface area contributed by atoms with Crippen LogP contribution in [0.15, 0.2) is 18.5 Å². The van der Waals surface area contributed by atoms with Crippen molar-refractivity contribution >= 4 is 0 Å². The highest BCUT2D eigenvalue weighted by atomic mass is 19.1. The second kappa shape index (κ2) is 3.20. The lowest BCUT2D eigenvalue weighted by atomic mass is 9.74. The van der Waals surface area contributed by atoms with Gasteiger partial charge < -0.3 is 10.5 Å². The van der Waals surface area contributed by atoms with Gasteiger partial charge in [-0.3, -0.25) is 4.98 Å². The van der Waals surface area contributed by atoms with Gasteiger partial charge in [0, 0.05) is 30.6 Å². The summed E-state index contributed by atoms with van der Waals surface area (Å²) in [5.74, 6) is 0.583. The van der Waals surface area contributed by atoms with Crippen LogP contribution in [0.5, 0.6) is 5.75 Å². The van der Waals surface area contributed by atoms with Crippen LogP contribution in [0, 0.1) is 0 Å². The summed E-state index contributed by atoms with van der Waals surface area (Å²) in [6.07, 6.45) is 3.85. The van der Waals surface area contributed by atoms with Gasteiger partial charge in [-0.05, 0) is 6.07 Å². The number of ether oxygens (including phenoxy) is 1. The summed E-state index contributed by atoms with van der Waals surface area (Å²) < 4.78 is 19.0. The van der Waals surface area contributed by atoms with Crippen molar-refractivity contribution in [2.45, 2.75) is 24.6 Å². The molecule has 1 aromatic heterocycles. The van der Waals surface area contributed by atoms with Crippen molar-refractivity contribution in [3.05, 3.63) is 24.0 Å². The maximum absolute atomic E-state index is 14.0. The highest BCUT2D eigenvalue weighted by molar-refractivity contribution is 5.30. The molecule has 0 radical (unpaired) electrons. The Bertz CT molecular complexity index is 337. The van der Waals surface area contributed by atoms with Gasteiger partial charge >= 0.3 is 0 Å². The van der Waals surface area contributed by atoms with Gasteiger partial charge in [0.05, 0.1) is 13.3 Å². The standard InChI is InChI=1S/C10H13FN2O/c1-14-9-2-7(5-13-6-9)10(11)3-8(12)4-10/h2,5-6,8H,3-4,12H2,1H3. The van der Waals surface area contributed by atoms with Crippen LogP contribution in [0.25, 0.3) is 0 Å². The molecule has 0 unspecified atom stereocenters. The van der Waals surface area contributed by atoms with Crippen molar-refractivity contribution in [1.82, 2.24) is 4.98 Å². The lowest BCUT2D eigenvalue weighted by Gasteiger charge is -2.39. The highest BCUT2D eigenvalue weighted by Crippen LogP contribution is 2.44. The minimum atomic E-state index is -1.29. The van der Waals surface area contributed by atoms with Crippen LogP contribution < -0.4 is 10.5 Å². The zero-order valence-electron chi connectivity index (χ0n) is 8.03. The number of hydrogen-bond donors (Lipinski definition) is 1. The molecule has 0 amide bonds. The number of rotatable bonds is 2. The molecule has 0 spiro atoms. The monoisotopic (exact) mass is 196 g/mol. The Hall–Kier alpha value is -1.16. The predicted molar refractivity (Wildman–Crippen MR) is 50.8 cm³/mol. The van der Waals surface area contributed by atoms with Gasteiger partial charge in [0.1, 0.15) is 11.4 Å². The van der Waals surface area contributed by atoms with Gasteiger partial charge in [-0.25, -0.2) is 4.39 Å². The topological polar surface area (TPSA) is 48.1 Å². The first kappa shape index (κ1) is 9.40. The van der Waals surface area contributed by atoms with E-state index in [1.54, 1.807) is 12.3 Å². The Morgan fingerprint density at radius 2 is 2.29 bits per heavy atom. The molecular formula is C10H13FN2O. The van der Waals surface area contributed by atoms with E-state index in [1.165, 1.54) is 13.3 Å². The van der Waals surface area contributed by atoms with E-state index in [-0.39, 0.29) is 6.04 Å². The molecule has 1 fully saturated rings. The van der Waals surface area contributed by atoms with Crippen molar-refractivity contribution < 1.29 is 9.13 Å². The van der Waals surface area contributed by atoms with E-state index in [0.29, 0.717) is 24.2 Å². The molecule has 1 aromatic rings. The van der Waals surface area contributed by atoms with Crippen LogP contribution in [0.4, 0.5) is 4.39 Å². The first-order valence-electron chi connectivity index (χ1n) is 4.58. The molecule has 4 heteroatoms. The molecule has 0 aromatic carbocycles. The summed E-state index contributed by atoms with van der Waals surface area (Å²) >= 11 is 0. The molecule has 14 heavy (non-hydrogen) atoms. The Morgan fingerprint density at radius 3 is 2.86 bits per heavy atom. The molecule has 0 aliphatic heterocycles. The van der Waals surface area contributed by atoms with Crippen LogP contribution in [0.1, 0.15) is 18.4 Å². The molecule has 1 aliphatic carbocycles. The summed E-state index contributed by atoms with van der Waals surface area (Å²) in [7, 11) is 1.54. The van der Waals surface area contributed by atoms with Crippen molar-refractivity contribution in [2.24, 2.45) is 5.73 Å². The number of nitrogens with zero attached hydrogens (tertiary/aromatic N) is 1. The van der Waals surface area contributed by atoms with E-state index >= 15 is 0 Å². The number of methoxy groups -OCH3 is 1. The van der Waals surface area contributed by atoms with E-state index in [0.717, 1.165) is 0 Å². The fourth-order valence-electron chi connectivity index (χ4n) is 1.78. The Balaban J connectivity index is 2.24. The number of alkyl halides is 1. The van der Waals surface area contributed by atoms with Crippen LogP contribution in [-0.4, -0.2) is 18.1 Å². The maximum Gasteiger partial charge on any atom is 0.140 e. The Morgan fingerprint density at radius 1 is 1.57 bits per heavy atom. The van der Waals surface area contributed by atoms with Gasteiger partial charge in [-0.1, -0.05) is 0 Å². The third-order valence-electron chi connectivity index (χ3n) is 2.64. The largest absolute Gasteiger partial charge is 0.495 e. The third kappa shape index (κ3) is 1.46. The average molecular weight is 196 g/mol. The SMILES string of the molecule is COc1cncc(C2(F)CC(N)C2)c1. The van der Waals surface area contributed by atoms with Crippen LogP contribution >= 0.6 is 0 Å². The second-order valence-corrected chi connectivity index (χ2v) is 3.75. The molecule has 3 nitrogen and oxygen atoms in total. The predicted octanol–water partition coefficient (Wildman–Crippen LogP) is 1.38. The van der Waals surface area contributed by atoms with Gasteiger partial charge in [-0.2, -0.15) is 0 Å². The van der Waals surface area contributed by atoms with E-state index in [1.807, 2.05) is 0 Å². The highest BCUT2D eigenvalue weighted by Gasteiger charge is 2.44. The van der Waals surface area contributed by atoms with Crippen molar-refractivity contribution in [3.63, 3.8) is 0 Å². The molecule has 0 saturated heterocycles. The lowest BCUT2D eigenvalue weighted by molar-refractivity contribution is 0.0400. The summed E-state index contributed by atoms with van der Waals surface area (Å²) in [5, 5.41) is 0. The maximum atomic E-state index is 14.0. The number of hydrogen-bond acceptors (Lipinski definition) is 3. The average Bonchev–Trinajstić information content (AvgIpc) is 2.16. The van der Waals surface area contributed by atoms with E-state index in [4.69, 9.17) is 10.5 Å². The van der Waals surface area contributed by atoms with Gasteiger partial charge in [0.2, 0.25) is 0 Å². The minimum Gasteiger partial charge on any atom is -0.495 e. The first-order valence-corrected chi connectivity index (χ1v) is 4.58. The van der Waals surface area contributed by atoms with Crippen molar-refractivity contribution in [3.8, 4) is 5.75 Å². The Kier molecular flexibility index (Phi) is 2.15. The van der Waals surface area contributed by atoms with E-state index in [2.05, 4.69) is 4.98 Å². The zero-order valence-corrected chi connectivity index (χ0v) is 8.03. The van der Waals surface area contributed by atoms with Gasteiger partial charge in [0.25, 0.3) is 0 Å². The number of nitrogens with two attached hydrogens (primary N) is 1. The van der Waals surface area contributed by atoms with E-state index in [9.17, 15) is 4.39 Å². The normalized spacial score (nSPS) is 30.9. The van der Waals surface area contributed by atoms with Crippen LogP contribution in [0.3, 0.4) is 0 Å². The summed E-state index contributed by atoms with van der Waals surface area (Å²) in [6.45, 7) is 0. The lowest BCUT2D eigenvalue weighted by Crippen LogP contribution is -2.46. The molecule has 0 atom stereocenters. The minimum absolute atomic E-state index is 0.0220. The number of pyridine rings is 1. The van der Waals surface area contributed by atoms with Crippen LogP contribution in [-0.2, 0) is 5.67 Å². The summed E-state index contributed by atoms with van der Waals surface area (Å²) in [5.41, 5.74) is 4.85. The smallest absolute Gasteiger partial charge is 0.140 e. The quantitative estimate of drug-likeness (QED) is 0.777. The molecule has 1 saturated carbocycles. The molecule has 1 aliphatic rings. The van der Waals surface area contributed by atoms with Gasteiger partial charge in [0.15, 0.2) is 0 Å². The van der Waals surface area contributed by atoms with Crippen molar-refractivity contribution in [1.29, 1.82) is 0 Å². The molecule has 76 valence electrons. The van der Waals surface area contributed by atoms with E-state index < -0.39 is 5.67 Å². The first-order chi connectivity index (χ1) is 6.64. The fraction of sp³-hybridized carbons (Fsp3) is 0.500. The Labute approximate surface area is 82.1 Å². The summed E-state index contributed by atoms with van der Waals surface area (Å²) in [4.78, 5) is 3.92. The van der Waals surface area contributed by atoms with Crippen molar-refractivity contribution in [2.75, 3.05) is 7.11 Å². The second-order valence-electron chi connectivity index (χ2n) is 3.75. The summed E-state index contributed by atoms with van der Waals surface area (Å²) in [6, 6.07) is 1.66. The fourth-order valence-corrected chi connectivity index (χ4v) is 1.78. The molecule has 1 heterocycles. The molecular weight excluding hydrogens is 183 g/mol. The van der Waals surface area contributed by atoms with Gasteiger partial charge in [-0.15, -0.1) is 0 Å². The molecule has 0 bridgehead atoms. The molecule has 2 N–H and O–H groups in total. The third-order valence-corrected chi connectivity index (χ3v) is 2.64.